The first-order chi connectivity index (χ1) is 7.47. The van der Waals surface area contributed by atoms with Crippen molar-refractivity contribution in [3.05, 3.63) is 0 Å². The average Bonchev–Trinajstić information content (AvgIpc) is 2.20. The van der Waals surface area contributed by atoms with E-state index in [9.17, 15) is 9.59 Å². The normalized spacial score (nSPS) is 12.2. The summed E-state index contributed by atoms with van der Waals surface area (Å²) in [4.78, 5) is 22.4. The first-order valence-corrected chi connectivity index (χ1v) is 6.69. The fourth-order valence-corrected chi connectivity index (χ4v) is 1.58. The predicted molar refractivity (Wildman–Crippen MR) is 67.4 cm³/mol. The molecule has 1 unspecified atom stereocenters. The smallest absolute Gasteiger partial charge is 0.312 e. The quantitative estimate of drug-likeness (QED) is 0.614. The van der Waals surface area contributed by atoms with Crippen LogP contribution in [0.25, 0.3) is 0 Å². The van der Waals surface area contributed by atoms with Crippen LogP contribution < -0.4 is 16.4 Å². The van der Waals surface area contributed by atoms with Crippen LogP contribution in [-0.4, -0.2) is 36.5 Å². The Morgan fingerprint density at radius 1 is 1.38 bits per heavy atom. The van der Waals surface area contributed by atoms with Gasteiger partial charge in [0.15, 0.2) is 0 Å². The molecule has 6 heteroatoms. The van der Waals surface area contributed by atoms with Crippen molar-refractivity contribution in [1.29, 1.82) is 0 Å². The Morgan fingerprint density at radius 3 is 2.44 bits per heavy atom. The lowest BCUT2D eigenvalue weighted by Crippen LogP contribution is -2.49. The highest BCUT2D eigenvalue weighted by Gasteiger charge is 2.18. The molecule has 0 aliphatic carbocycles. The number of hydrogen-bond acceptors (Lipinski definition) is 3. The van der Waals surface area contributed by atoms with Gasteiger partial charge in [-0.1, -0.05) is 13.8 Å². The number of amides is 3. The van der Waals surface area contributed by atoms with E-state index in [0.717, 1.165) is 5.75 Å². The van der Waals surface area contributed by atoms with Gasteiger partial charge in [0.2, 0.25) is 5.91 Å². The van der Waals surface area contributed by atoms with Crippen molar-refractivity contribution in [2.45, 2.75) is 26.3 Å². The fraction of sp³-hybridized carbons (Fsp3) is 0.800. The van der Waals surface area contributed by atoms with Crippen molar-refractivity contribution >= 4 is 23.7 Å². The van der Waals surface area contributed by atoms with Crippen molar-refractivity contribution in [1.82, 2.24) is 10.6 Å². The summed E-state index contributed by atoms with van der Waals surface area (Å²) in [5.41, 5.74) is 5.02. The summed E-state index contributed by atoms with van der Waals surface area (Å²) in [6.07, 6.45) is 2.54. The fourth-order valence-electron chi connectivity index (χ4n) is 1.10. The number of carbonyl (C=O) groups excluding carboxylic acids is 2. The summed E-state index contributed by atoms with van der Waals surface area (Å²) in [7, 11) is 0. The molecule has 94 valence electrons. The molecule has 1 atom stereocenters. The van der Waals surface area contributed by atoms with E-state index in [2.05, 4.69) is 10.6 Å². The van der Waals surface area contributed by atoms with Crippen LogP contribution in [0.1, 0.15) is 20.3 Å². The number of nitrogens with two attached hydrogens (primary N) is 1. The van der Waals surface area contributed by atoms with Crippen molar-refractivity contribution in [2.24, 2.45) is 11.7 Å². The summed E-state index contributed by atoms with van der Waals surface area (Å²) in [6.45, 7) is 4.63. The Bertz CT molecular complexity index is 234. The zero-order valence-corrected chi connectivity index (χ0v) is 10.9. The summed E-state index contributed by atoms with van der Waals surface area (Å²) in [5.74, 6) is 1.03. The Kier molecular flexibility index (Phi) is 7.80. The highest BCUT2D eigenvalue weighted by molar-refractivity contribution is 7.98. The van der Waals surface area contributed by atoms with Gasteiger partial charge >= 0.3 is 6.03 Å². The number of primary amides is 1. The van der Waals surface area contributed by atoms with Gasteiger partial charge in [-0.05, 0) is 24.3 Å². The predicted octanol–water partition coefficient (Wildman–Crippen LogP) is 0.549. The lowest BCUT2D eigenvalue weighted by molar-refractivity contribution is -0.123. The summed E-state index contributed by atoms with van der Waals surface area (Å²) < 4.78 is 0. The molecule has 0 aromatic carbocycles. The topological polar surface area (TPSA) is 84.2 Å². The average molecular weight is 247 g/mol. The Hall–Kier alpha value is -0.910. The van der Waals surface area contributed by atoms with Crippen LogP contribution in [0.15, 0.2) is 0 Å². The molecule has 0 saturated heterocycles. The van der Waals surface area contributed by atoms with Gasteiger partial charge in [-0.25, -0.2) is 4.79 Å². The molecule has 0 bridgehead atoms. The molecular formula is C10H21N3O2S. The number of thioether (sulfide) groups is 1. The molecule has 0 radical (unpaired) electrons. The molecule has 0 aliphatic heterocycles. The Balaban J connectivity index is 4.14. The van der Waals surface area contributed by atoms with Gasteiger partial charge < -0.3 is 16.4 Å². The van der Waals surface area contributed by atoms with Crippen LogP contribution in [-0.2, 0) is 4.79 Å². The number of nitrogens with one attached hydrogen (secondary N) is 2. The first kappa shape index (κ1) is 15.1. The summed E-state index contributed by atoms with van der Waals surface area (Å²) >= 11 is 1.63. The standard InChI is InChI=1S/C10H21N3O2S/c1-7(2)6-12-9(14)8(4-5-16-3)13-10(11)15/h7-8H,4-6H2,1-3H3,(H,12,14)(H3,11,13,15). The van der Waals surface area contributed by atoms with Crippen LogP contribution in [0, 0.1) is 5.92 Å². The van der Waals surface area contributed by atoms with Gasteiger partial charge in [0.05, 0.1) is 0 Å². The molecule has 0 rings (SSSR count). The third-order valence-corrected chi connectivity index (χ3v) is 2.57. The highest BCUT2D eigenvalue weighted by atomic mass is 32.2. The van der Waals surface area contributed by atoms with Crippen LogP contribution in [0.4, 0.5) is 4.79 Å². The van der Waals surface area contributed by atoms with Crippen molar-refractivity contribution in [3.8, 4) is 0 Å². The van der Waals surface area contributed by atoms with Crippen LogP contribution in [0.3, 0.4) is 0 Å². The van der Waals surface area contributed by atoms with E-state index in [1.165, 1.54) is 0 Å². The molecule has 0 spiro atoms. The Labute approximate surface area is 101 Å². The van der Waals surface area contributed by atoms with Crippen molar-refractivity contribution < 1.29 is 9.59 Å². The van der Waals surface area contributed by atoms with E-state index in [0.29, 0.717) is 18.9 Å². The first-order valence-electron chi connectivity index (χ1n) is 5.30. The van der Waals surface area contributed by atoms with E-state index in [1.807, 2.05) is 20.1 Å². The van der Waals surface area contributed by atoms with E-state index >= 15 is 0 Å². The molecule has 0 saturated carbocycles. The number of rotatable bonds is 7. The molecule has 0 aromatic rings. The zero-order chi connectivity index (χ0) is 12.6. The molecule has 5 nitrogen and oxygen atoms in total. The molecule has 0 heterocycles. The second-order valence-electron chi connectivity index (χ2n) is 3.98. The van der Waals surface area contributed by atoms with Gasteiger partial charge in [-0.3, -0.25) is 4.79 Å². The van der Waals surface area contributed by atoms with Gasteiger partial charge in [-0.15, -0.1) is 0 Å². The molecular weight excluding hydrogens is 226 g/mol. The maximum absolute atomic E-state index is 11.7. The van der Waals surface area contributed by atoms with E-state index in [1.54, 1.807) is 11.8 Å². The third kappa shape index (κ3) is 7.39. The largest absolute Gasteiger partial charge is 0.354 e. The summed E-state index contributed by atoms with van der Waals surface area (Å²) in [5, 5.41) is 5.23. The number of carbonyl (C=O) groups is 2. The zero-order valence-electron chi connectivity index (χ0n) is 10.1. The lowest BCUT2D eigenvalue weighted by atomic mass is 10.2. The molecule has 0 aromatic heterocycles. The van der Waals surface area contributed by atoms with E-state index in [4.69, 9.17) is 5.73 Å². The molecule has 3 amide bonds. The molecule has 0 fully saturated rings. The van der Waals surface area contributed by atoms with Crippen molar-refractivity contribution in [3.63, 3.8) is 0 Å². The second kappa shape index (κ2) is 8.27. The van der Waals surface area contributed by atoms with Gasteiger partial charge in [0.25, 0.3) is 0 Å². The SMILES string of the molecule is CSCCC(NC(N)=O)C(=O)NCC(C)C. The third-order valence-electron chi connectivity index (χ3n) is 1.93. The molecule has 0 aliphatic rings. The Morgan fingerprint density at radius 2 is 2.00 bits per heavy atom. The minimum Gasteiger partial charge on any atom is -0.354 e. The van der Waals surface area contributed by atoms with Crippen molar-refractivity contribution in [2.75, 3.05) is 18.6 Å². The monoisotopic (exact) mass is 247 g/mol. The minimum atomic E-state index is -0.661. The molecule has 16 heavy (non-hydrogen) atoms. The maximum atomic E-state index is 11.7. The number of hydrogen-bond donors (Lipinski definition) is 3. The summed E-state index contributed by atoms with van der Waals surface area (Å²) in [6, 6.07) is -1.19. The second-order valence-corrected chi connectivity index (χ2v) is 4.97. The van der Waals surface area contributed by atoms with Gasteiger partial charge in [-0.2, -0.15) is 11.8 Å². The van der Waals surface area contributed by atoms with Gasteiger partial charge in [0, 0.05) is 6.54 Å². The van der Waals surface area contributed by atoms with Crippen LogP contribution in [0.2, 0.25) is 0 Å². The molecule has 4 N–H and O–H groups in total. The maximum Gasteiger partial charge on any atom is 0.312 e. The highest BCUT2D eigenvalue weighted by Crippen LogP contribution is 2.01. The number of urea groups is 1. The van der Waals surface area contributed by atoms with Gasteiger partial charge in [0.1, 0.15) is 6.04 Å². The minimum absolute atomic E-state index is 0.165. The van der Waals surface area contributed by atoms with Crippen LogP contribution >= 0.6 is 11.8 Å². The van der Waals surface area contributed by atoms with Crippen LogP contribution in [0.5, 0.6) is 0 Å². The van der Waals surface area contributed by atoms with E-state index < -0.39 is 12.1 Å². The lowest BCUT2D eigenvalue weighted by Gasteiger charge is -2.17. The van der Waals surface area contributed by atoms with E-state index in [-0.39, 0.29) is 5.91 Å².